The molecule has 0 heterocycles. The van der Waals surface area contributed by atoms with Crippen molar-refractivity contribution in [1.29, 1.82) is 0 Å². The summed E-state index contributed by atoms with van der Waals surface area (Å²) in [7, 11) is 0. The zero-order chi connectivity index (χ0) is 21.8. The second kappa shape index (κ2) is 7.78. The van der Waals surface area contributed by atoms with E-state index in [1.165, 1.54) is 12.0 Å². The molecule has 170 valence electrons. The van der Waals surface area contributed by atoms with Gasteiger partial charge in [-0.25, -0.2) is 0 Å². The van der Waals surface area contributed by atoms with Crippen molar-refractivity contribution in [2.45, 2.75) is 91.1 Å². The van der Waals surface area contributed by atoms with E-state index in [1.807, 2.05) is 6.08 Å². The third kappa shape index (κ3) is 3.40. The summed E-state index contributed by atoms with van der Waals surface area (Å²) in [4.78, 5) is 24.2. The normalized spacial score (nSPS) is 44.0. The second-order valence-electron chi connectivity index (χ2n) is 11.3. The summed E-state index contributed by atoms with van der Waals surface area (Å²) >= 11 is 0. The van der Waals surface area contributed by atoms with Crippen LogP contribution in [0.1, 0.15) is 85.0 Å². The lowest BCUT2D eigenvalue weighted by molar-refractivity contribution is -0.160. The average molecular weight is 427 g/mol. The van der Waals surface area contributed by atoms with Gasteiger partial charge in [0.15, 0.2) is 5.78 Å². The average Bonchev–Trinajstić information content (AvgIpc) is 3.35. The van der Waals surface area contributed by atoms with Crippen molar-refractivity contribution in [2.75, 3.05) is 6.61 Å². The Bertz CT molecular complexity index is 825. The molecule has 0 N–H and O–H groups in total. The Hall–Kier alpha value is -1.58. The maximum atomic E-state index is 12.4. The predicted molar refractivity (Wildman–Crippen MR) is 119 cm³/mol. The minimum Gasteiger partial charge on any atom is -0.497 e. The van der Waals surface area contributed by atoms with E-state index in [-0.39, 0.29) is 22.9 Å². The van der Waals surface area contributed by atoms with Crippen LogP contribution in [0.25, 0.3) is 0 Å². The van der Waals surface area contributed by atoms with Crippen molar-refractivity contribution in [3.05, 3.63) is 23.5 Å². The van der Waals surface area contributed by atoms with E-state index in [0.717, 1.165) is 63.7 Å². The number of rotatable bonds is 4. The Kier molecular flexibility index (Phi) is 5.34. The quantitative estimate of drug-likeness (QED) is 0.536. The van der Waals surface area contributed by atoms with Crippen LogP contribution in [0, 0.1) is 34.5 Å². The fourth-order valence-electron chi connectivity index (χ4n) is 8.33. The molecule has 7 atom stereocenters. The Morgan fingerprint density at radius 2 is 2.00 bits per heavy atom. The molecule has 0 aromatic heterocycles. The van der Waals surface area contributed by atoms with Gasteiger partial charge in [0, 0.05) is 30.6 Å². The first-order valence-corrected chi connectivity index (χ1v) is 12.6. The number of hydrogen-bond donors (Lipinski definition) is 0. The highest BCUT2D eigenvalue weighted by molar-refractivity contribution is 5.91. The number of esters is 1. The van der Waals surface area contributed by atoms with Crippen molar-refractivity contribution >= 4 is 11.8 Å². The first kappa shape index (κ1) is 21.3. The van der Waals surface area contributed by atoms with Gasteiger partial charge >= 0.3 is 5.97 Å². The lowest BCUT2D eigenvalue weighted by atomic mass is 9.45. The van der Waals surface area contributed by atoms with Gasteiger partial charge in [0.25, 0.3) is 0 Å². The van der Waals surface area contributed by atoms with Gasteiger partial charge < -0.3 is 9.47 Å². The van der Waals surface area contributed by atoms with Crippen molar-refractivity contribution in [1.82, 2.24) is 0 Å². The van der Waals surface area contributed by atoms with Gasteiger partial charge in [-0.3, -0.25) is 9.59 Å². The molecule has 0 aromatic rings. The molecular formula is C27H38O4. The fourth-order valence-corrected chi connectivity index (χ4v) is 8.33. The van der Waals surface area contributed by atoms with E-state index < -0.39 is 0 Å². The van der Waals surface area contributed by atoms with Crippen LogP contribution in [0.2, 0.25) is 0 Å². The standard InChI is InChI=1S/C27H38O4/c1-17-14-19-15-20(29)10-13-27(19,16-30-21-6-4-5-7-21)23-11-12-26(3)22(25(17)23)8-9-24(26)31-18(2)28/h6,15,17,22-25H,4-5,7-14,16H2,1-3H3/t17?,22-,23+,24?,25-,26-,27+/m0/s1. The highest BCUT2D eigenvalue weighted by Crippen LogP contribution is 2.67. The molecule has 5 aliphatic carbocycles. The van der Waals surface area contributed by atoms with E-state index in [0.29, 0.717) is 35.9 Å². The van der Waals surface area contributed by atoms with Crippen LogP contribution in [-0.4, -0.2) is 24.5 Å². The van der Waals surface area contributed by atoms with Gasteiger partial charge in [0.1, 0.15) is 6.10 Å². The summed E-state index contributed by atoms with van der Waals surface area (Å²) in [5, 5.41) is 0. The molecule has 0 bridgehead atoms. The second-order valence-corrected chi connectivity index (χ2v) is 11.3. The van der Waals surface area contributed by atoms with Gasteiger partial charge in [-0.05, 0) is 87.2 Å². The molecule has 2 unspecified atom stereocenters. The summed E-state index contributed by atoms with van der Waals surface area (Å²) in [5.41, 5.74) is 1.47. The van der Waals surface area contributed by atoms with E-state index in [4.69, 9.17) is 9.47 Å². The number of ether oxygens (including phenoxy) is 2. The smallest absolute Gasteiger partial charge is 0.302 e. The zero-order valence-corrected chi connectivity index (χ0v) is 19.5. The van der Waals surface area contributed by atoms with Crippen molar-refractivity contribution in [3.8, 4) is 0 Å². The van der Waals surface area contributed by atoms with Gasteiger partial charge in [-0.2, -0.15) is 0 Å². The Morgan fingerprint density at radius 3 is 2.74 bits per heavy atom. The summed E-state index contributed by atoms with van der Waals surface area (Å²) in [6.45, 7) is 7.06. The monoisotopic (exact) mass is 426 g/mol. The van der Waals surface area contributed by atoms with E-state index in [2.05, 4.69) is 19.9 Å². The molecule has 0 aliphatic heterocycles. The minimum absolute atomic E-state index is 0.00929. The molecule has 0 aromatic carbocycles. The highest BCUT2D eigenvalue weighted by Gasteiger charge is 2.62. The molecule has 4 nitrogen and oxygen atoms in total. The number of fused-ring (bicyclic) bond motifs is 5. The van der Waals surface area contributed by atoms with Crippen LogP contribution in [0.3, 0.4) is 0 Å². The summed E-state index contributed by atoms with van der Waals surface area (Å²) in [6.07, 6.45) is 14.7. The van der Waals surface area contributed by atoms with E-state index in [9.17, 15) is 9.59 Å². The number of carbonyl (C=O) groups excluding carboxylic acids is 2. The van der Waals surface area contributed by atoms with Crippen molar-refractivity contribution < 1.29 is 19.1 Å². The first-order valence-electron chi connectivity index (χ1n) is 12.6. The maximum absolute atomic E-state index is 12.4. The topological polar surface area (TPSA) is 52.6 Å². The molecule has 5 rings (SSSR count). The highest BCUT2D eigenvalue weighted by atomic mass is 16.5. The van der Waals surface area contributed by atoms with Gasteiger partial charge in [-0.15, -0.1) is 0 Å². The largest absolute Gasteiger partial charge is 0.497 e. The lowest BCUT2D eigenvalue weighted by Gasteiger charge is -2.60. The van der Waals surface area contributed by atoms with Crippen LogP contribution in [-0.2, 0) is 19.1 Å². The van der Waals surface area contributed by atoms with Crippen LogP contribution in [0.5, 0.6) is 0 Å². The molecule has 3 fully saturated rings. The molecule has 4 heteroatoms. The molecule has 5 aliphatic rings. The van der Waals surface area contributed by atoms with E-state index in [1.54, 1.807) is 6.92 Å². The lowest BCUT2D eigenvalue weighted by Crippen LogP contribution is -2.56. The molecule has 0 amide bonds. The third-order valence-corrected chi connectivity index (χ3v) is 9.77. The third-order valence-electron chi connectivity index (χ3n) is 9.77. The fraction of sp³-hybridized carbons (Fsp3) is 0.778. The van der Waals surface area contributed by atoms with Crippen LogP contribution in [0.15, 0.2) is 23.5 Å². The summed E-state index contributed by atoms with van der Waals surface area (Å²) in [6, 6.07) is 0. The van der Waals surface area contributed by atoms with Gasteiger partial charge in [-0.1, -0.05) is 19.4 Å². The Balaban J connectivity index is 1.47. The van der Waals surface area contributed by atoms with Crippen molar-refractivity contribution in [2.24, 2.45) is 34.5 Å². The van der Waals surface area contributed by atoms with Gasteiger partial charge in [0.05, 0.1) is 12.4 Å². The van der Waals surface area contributed by atoms with Crippen molar-refractivity contribution in [3.63, 3.8) is 0 Å². The van der Waals surface area contributed by atoms with Gasteiger partial charge in [0.2, 0.25) is 0 Å². The zero-order valence-electron chi connectivity index (χ0n) is 19.5. The SMILES string of the molecule is CC(=O)OC1CC[C@H]2[C@@H]3C(C)CC4=CC(=O)CC[C@]4(COC4=CCCC4)[C@@H]3CC[C@]12C. The van der Waals surface area contributed by atoms with E-state index >= 15 is 0 Å². The number of ketones is 1. The molecule has 31 heavy (non-hydrogen) atoms. The number of hydrogen-bond acceptors (Lipinski definition) is 4. The molecule has 3 saturated carbocycles. The molecule has 0 spiro atoms. The number of allylic oxidation sites excluding steroid dienone is 2. The summed E-state index contributed by atoms with van der Waals surface area (Å²) < 4.78 is 12.3. The minimum atomic E-state index is -0.142. The predicted octanol–water partition coefficient (Wildman–Crippen LogP) is 5.76. The molecule has 0 radical (unpaired) electrons. The molecule has 0 saturated heterocycles. The first-order chi connectivity index (χ1) is 14.8. The van der Waals surface area contributed by atoms with Crippen LogP contribution < -0.4 is 0 Å². The van der Waals surface area contributed by atoms with Crippen LogP contribution >= 0.6 is 0 Å². The number of carbonyl (C=O) groups is 2. The van der Waals surface area contributed by atoms with Crippen LogP contribution in [0.4, 0.5) is 0 Å². The Morgan fingerprint density at radius 1 is 1.16 bits per heavy atom. The Labute approximate surface area is 186 Å². The summed E-state index contributed by atoms with van der Waals surface area (Å²) in [5.74, 6) is 3.65. The molecular weight excluding hydrogens is 388 g/mol. The maximum Gasteiger partial charge on any atom is 0.302 e.